The molecule has 5 rings (SSSR count). The normalized spacial score (nSPS) is 14.0. The molecule has 2 N–H and O–H groups in total. The molecule has 4 aromatic carbocycles. The van der Waals surface area contributed by atoms with Crippen LogP contribution in [0.15, 0.2) is 103 Å². The first-order chi connectivity index (χ1) is 19.1. The number of ether oxygens (including phenoxy) is 1. The van der Waals surface area contributed by atoms with E-state index in [-0.39, 0.29) is 17.9 Å². The summed E-state index contributed by atoms with van der Waals surface area (Å²) >= 11 is 0. The third kappa shape index (κ3) is 6.72. The van der Waals surface area contributed by atoms with Gasteiger partial charge in [-0.2, -0.15) is 0 Å². The van der Waals surface area contributed by atoms with Gasteiger partial charge < -0.3 is 15.4 Å². The van der Waals surface area contributed by atoms with E-state index in [1.165, 1.54) is 12.7 Å². The summed E-state index contributed by atoms with van der Waals surface area (Å²) in [7, 11) is 1.53. The highest BCUT2D eigenvalue weighted by Gasteiger charge is 2.23. The maximum Gasteiger partial charge on any atom is 0.255 e. The Morgan fingerprint density at radius 1 is 0.795 bits per heavy atom. The Hall–Kier alpha value is -4.42. The predicted molar refractivity (Wildman–Crippen MR) is 155 cm³/mol. The number of amides is 2. The minimum Gasteiger partial charge on any atom is -0.496 e. The summed E-state index contributed by atoms with van der Waals surface area (Å²) in [6, 6.07) is 33.2. The zero-order chi connectivity index (χ0) is 27.0. The van der Waals surface area contributed by atoms with Crippen molar-refractivity contribution in [2.75, 3.05) is 25.5 Å². The number of carbonyl (C=O) groups excluding carboxylic acids is 2. The molecule has 1 aliphatic heterocycles. The lowest BCUT2D eigenvalue weighted by Crippen LogP contribution is -2.44. The lowest BCUT2D eigenvalue weighted by Gasteiger charge is -2.32. The van der Waals surface area contributed by atoms with Crippen LogP contribution in [0.5, 0.6) is 5.75 Å². The highest BCUT2D eigenvalue weighted by atomic mass is 16.5. The third-order valence-electron chi connectivity index (χ3n) is 7.13. The molecule has 0 radical (unpaired) electrons. The number of carbonyl (C=O) groups is 2. The predicted octanol–water partition coefficient (Wildman–Crippen LogP) is 6.01. The first kappa shape index (κ1) is 26.2. The van der Waals surface area contributed by atoms with Gasteiger partial charge in [0.1, 0.15) is 5.75 Å². The lowest BCUT2D eigenvalue weighted by molar-refractivity contribution is 0.0905. The zero-order valence-electron chi connectivity index (χ0n) is 22.1. The number of nitrogens with one attached hydrogen (secondary N) is 2. The number of anilines is 1. The monoisotopic (exact) mass is 519 g/mol. The second kappa shape index (κ2) is 12.4. The summed E-state index contributed by atoms with van der Waals surface area (Å²) in [5, 5.41) is 6.07. The molecule has 1 saturated heterocycles. The standard InChI is InChI=1S/C33H33N3O3/c1-39-31-22-29(35-32(37)27-14-12-26(13-15-27)25-10-6-3-7-11-25)16-17-30(31)33(38)34-28-18-20-36(21-19-28)23-24-8-4-2-5-9-24/h2-17,22,28H,18-21,23H2,1H3,(H,34,38)(H,35,37). The van der Waals surface area contributed by atoms with E-state index < -0.39 is 0 Å². The van der Waals surface area contributed by atoms with Gasteiger partial charge in [-0.15, -0.1) is 0 Å². The van der Waals surface area contributed by atoms with Crippen LogP contribution in [0, 0.1) is 0 Å². The Labute approximate surface area is 229 Å². The molecule has 2 amide bonds. The van der Waals surface area contributed by atoms with Gasteiger partial charge in [-0.1, -0.05) is 72.8 Å². The van der Waals surface area contributed by atoms with Gasteiger partial charge in [0.25, 0.3) is 11.8 Å². The van der Waals surface area contributed by atoms with E-state index in [9.17, 15) is 9.59 Å². The Balaban J connectivity index is 1.16. The summed E-state index contributed by atoms with van der Waals surface area (Å²) in [6.45, 7) is 2.81. The van der Waals surface area contributed by atoms with Gasteiger partial charge in [0, 0.05) is 43.0 Å². The van der Waals surface area contributed by atoms with E-state index in [2.05, 4.69) is 39.8 Å². The molecule has 6 heteroatoms. The second-order valence-electron chi connectivity index (χ2n) is 9.82. The largest absolute Gasteiger partial charge is 0.496 e. The number of hydrogen-bond acceptors (Lipinski definition) is 4. The van der Waals surface area contributed by atoms with Crippen molar-refractivity contribution in [3.05, 3.63) is 120 Å². The SMILES string of the molecule is COc1cc(NC(=O)c2ccc(-c3ccccc3)cc2)ccc1C(=O)NC1CCN(Cc2ccccc2)CC1. The van der Waals surface area contributed by atoms with E-state index in [1.54, 1.807) is 18.2 Å². The number of methoxy groups -OCH3 is 1. The van der Waals surface area contributed by atoms with E-state index >= 15 is 0 Å². The Kier molecular flexibility index (Phi) is 8.34. The van der Waals surface area contributed by atoms with Crippen molar-refractivity contribution in [1.82, 2.24) is 10.2 Å². The molecule has 0 saturated carbocycles. The van der Waals surface area contributed by atoms with Crippen molar-refractivity contribution in [3.63, 3.8) is 0 Å². The van der Waals surface area contributed by atoms with E-state index in [0.29, 0.717) is 22.6 Å². The Morgan fingerprint density at radius 3 is 2.10 bits per heavy atom. The van der Waals surface area contributed by atoms with Crippen LogP contribution in [-0.4, -0.2) is 43.0 Å². The third-order valence-corrected chi connectivity index (χ3v) is 7.13. The van der Waals surface area contributed by atoms with Gasteiger partial charge in [0.15, 0.2) is 0 Å². The maximum absolute atomic E-state index is 13.1. The number of rotatable bonds is 8. The van der Waals surface area contributed by atoms with Crippen LogP contribution in [0.4, 0.5) is 5.69 Å². The van der Waals surface area contributed by atoms with Crippen LogP contribution in [0.1, 0.15) is 39.1 Å². The van der Waals surface area contributed by atoms with Crippen molar-refractivity contribution in [1.29, 1.82) is 0 Å². The molecule has 1 aliphatic rings. The number of hydrogen-bond donors (Lipinski definition) is 2. The summed E-state index contributed by atoms with van der Waals surface area (Å²) in [5.74, 6) is 0.0325. The number of benzene rings is 4. The van der Waals surface area contributed by atoms with E-state index in [1.807, 2.05) is 60.7 Å². The van der Waals surface area contributed by atoms with Crippen LogP contribution < -0.4 is 15.4 Å². The first-order valence-electron chi connectivity index (χ1n) is 13.3. The van der Waals surface area contributed by atoms with Gasteiger partial charge in [-0.3, -0.25) is 14.5 Å². The molecular formula is C33H33N3O3. The summed E-state index contributed by atoms with van der Waals surface area (Å²) in [6.07, 6.45) is 1.80. The van der Waals surface area contributed by atoms with Gasteiger partial charge in [-0.05, 0) is 53.8 Å². The average molecular weight is 520 g/mol. The van der Waals surface area contributed by atoms with Crippen molar-refractivity contribution in [2.24, 2.45) is 0 Å². The highest BCUT2D eigenvalue weighted by Crippen LogP contribution is 2.25. The minimum atomic E-state index is -0.226. The van der Waals surface area contributed by atoms with Crippen LogP contribution in [0.3, 0.4) is 0 Å². The molecule has 39 heavy (non-hydrogen) atoms. The fourth-order valence-electron chi connectivity index (χ4n) is 4.94. The Bertz CT molecular complexity index is 1400. The molecule has 0 spiro atoms. The van der Waals surface area contributed by atoms with Crippen molar-refractivity contribution in [2.45, 2.75) is 25.4 Å². The smallest absolute Gasteiger partial charge is 0.255 e. The Morgan fingerprint density at radius 2 is 1.44 bits per heavy atom. The number of nitrogens with zero attached hydrogens (tertiary/aromatic N) is 1. The van der Waals surface area contributed by atoms with Gasteiger partial charge in [0.05, 0.1) is 12.7 Å². The molecule has 0 bridgehead atoms. The molecule has 0 atom stereocenters. The molecular weight excluding hydrogens is 486 g/mol. The van der Waals surface area contributed by atoms with Gasteiger partial charge in [0.2, 0.25) is 0 Å². The van der Waals surface area contributed by atoms with Crippen LogP contribution >= 0.6 is 0 Å². The van der Waals surface area contributed by atoms with Crippen molar-refractivity contribution < 1.29 is 14.3 Å². The molecule has 6 nitrogen and oxygen atoms in total. The molecule has 4 aromatic rings. The summed E-state index contributed by atoms with van der Waals surface area (Å²) in [4.78, 5) is 28.3. The molecule has 0 unspecified atom stereocenters. The van der Waals surface area contributed by atoms with Crippen molar-refractivity contribution in [3.8, 4) is 16.9 Å². The van der Waals surface area contributed by atoms with Gasteiger partial charge >= 0.3 is 0 Å². The average Bonchev–Trinajstić information content (AvgIpc) is 2.99. The minimum absolute atomic E-state index is 0.118. The fourth-order valence-corrected chi connectivity index (χ4v) is 4.94. The molecule has 0 aliphatic carbocycles. The first-order valence-corrected chi connectivity index (χ1v) is 13.3. The van der Waals surface area contributed by atoms with Gasteiger partial charge in [-0.25, -0.2) is 0 Å². The topological polar surface area (TPSA) is 70.7 Å². The molecule has 1 fully saturated rings. The van der Waals surface area contributed by atoms with E-state index in [4.69, 9.17) is 4.74 Å². The number of likely N-dealkylation sites (tertiary alicyclic amines) is 1. The maximum atomic E-state index is 13.1. The zero-order valence-corrected chi connectivity index (χ0v) is 22.1. The summed E-state index contributed by atoms with van der Waals surface area (Å²) in [5.41, 5.74) is 5.02. The molecule has 198 valence electrons. The van der Waals surface area contributed by atoms with Crippen LogP contribution in [-0.2, 0) is 6.54 Å². The lowest BCUT2D eigenvalue weighted by atomic mass is 10.0. The van der Waals surface area contributed by atoms with Crippen LogP contribution in [0.2, 0.25) is 0 Å². The summed E-state index contributed by atoms with van der Waals surface area (Å²) < 4.78 is 5.51. The number of piperidine rings is 1. The van der Waals surface area contributed by atoms with Crippen molar-refractivity contribution >= 4 is 17.5 Å². The molecule has 1 heterocycles. The highest BCUT2D eigenvalue weighted by molar-refractivity contribution is 6.05. The molecule has 0 aromatic heterocycles. The van der Waals surface area contributed by atoms with Crippen LogP contribution in [0.25, 0.3) is 11.1 Å². The quantitative estimate of drug-likeness (QED) is 0.299. The second-order valence-corrected chi connectivity index (χ2v) is 9.82. The fraction of sp³-hybridized carbons (Fsp3) is 0.212. The van der Waals surface area contributed by atoms with E-state index in [0.717, 1.165) is 43.6 Å².